The number of carbonyl (C=O) groups excluding carboxylic acids is 1. The number of hydrogen-bond acceptors (Lipinski definition) is 3. The summed E-state index contributed by atoms with van der Waals surface area (Å²) in [5, 5.41) is 0. The Morgan fingerprint density at radius 1 is 1.28 bits per heavy atom. The molecule has 1 fully saturated rings. The number of esters is 1. The summed E-state index contributed by atoms with van der Waals surface area (Å²) >= 11 is 3.38. The molecule has 0 amide bonds. The highest BCUT2D eigenvalue weighted by Gasteiger charge is 2.32. The number of aliphatic imine (C=N–C) groups is 1. The monoisotopic (exact) mass is 305 g/mol. The van der Waals surface area contributed by atoms with E-state index in [1.54, 1.807) is 6.08 Å². The average Bonchev–Trinajstić information content (AvgIpc) is 2.61. The second-order valence-electron chi connectivity index (χ2n) is 4.55. The first kappa shape index (κ1) is 11.7. The van der Waals surface area contributed by atoms with Crippen molar-refractivity contribution in [1.29, 1.82) is 0 Å². The van der Waals surface area contributed by atoms with Crippen LogP contribution in [0, 0.1) is 5.92 Å². The van der Waals surface area contributed by atoms with Crippen molar-refractivity contribution in [1.82, 2.24) is 0 Å². The van der Waals surface area contributed by atoms with Crippen LogP contribution >= 0.6 is 15.9 Å². The summed E-state index contributed by atoms with van der Waals surface area (Å²) in [6, 6.07) is 7.73. The van der Waals surface area contributed by atoms with Gasteiger partial charge < -0.3 is 4.74 Å². The fourth-order valence-electron chi connectivity index (χ4n) is 1.97. The molecule has 0 saturated heterocycles. The minimum Gasteiger partial charge on any atom is -0.406 e. The van der Waals surface area contributed by atoms with Gasteiger partial charge >= 0.3 is 5.97 Å². The number of rotatable bonds is 2. The third kappa shape index (κ3) is 2.25. The SMILES string of the molecule is O=C1OC(C2CCC2)=N/C1=C/c1ccc(Br)cc1. The number of halogens is 1. The van der Waals surface area contributed by atoms with Crippen LogP contribution in [0.25, 0.3) is 6.08 Å². The molecule has 0 aromatic heterocycles. The maximum absolute atomic E-state index is 11.7. The van der Waals surface area contributed by atoms with E-state index in [9.17, 15) is 4.79 Å². The van der Waals surface area contributed by atoms with Crippen LogP contribution in [0.3, 0.4) is 0 Å². The Morgan fingerprint density at radius 2 is 2.00 bits per heavy atom. The van der Waals surface area contributed by atoms with Crippen molar-refractivity contribution in [3.63, 3.8) is 0 Å². The summed E-state index contributed by atoms with van der Waals surface area (Å²) in [5.74, 6) is 0.624. The van der Waals surface area contributed by atoms with Crippen LogP contribution in [0.1, 0.15) is 24.8 Å². The van der Waals surface area contributed by atoms with Gasteiger partial charge in [0.2, 0.25) is 5.90 Å². The van der Waals surface area contributed by atoms with Crippen LogP contribution in [0.2, 0.25) is 0 Å². The highest BCUT2D eigenvalue weighted by atomic mass is 79.9. The third-order valence-electron chi connectivity index (χ3n) is 3.26. The first-order valence-electron chi connectivity index (χ1n) is 6.00. The summed E-state index contributed by atoms with van der Waals surface area (Å²) < 4.78 is 6.22. The highest BCUT2D eigenvalue weighted by Crippen LogP contribution is 2.31. The van der Waals surface area contributed by atoms with Gasteiger partial charge in [0.25, 0.3) is 0 Å². The molecule has 1 aliphatic carbocycles. The maximum Gasteiger partial charge on any atom is 0.363 e. The predicted molar refractivity (Wildman–Crippen MR) is 73.0 cm³/mol. The summed E-state index contributed by atoms with van der Waals surface area (Å²) in [7, 11) is 0. The van der Waals surface area contributed by atoms with E-state index in [2.05, 4.69) is 20.9 Å². The van der Waals surface area contributed by atoms with Gasteiger partial charge in [-0.1, -0.05) is 34.5 Å². The number of ether oxygens (including phenoxy) is 1. The first-order chi connectivity index (χ1) is 8.72. The molecule has 1 aromatic carbocycles. The van der Waals surface area contributed by atoms with Gasteiger partial charge in [-0.3, -0.25) is 0 Å². The fraction of sp³-hybridized carbons (Fsp3) is 0.286. The molecule has 92 valence electrons. The lowest BCUT2D eigenvalue weighted by Gasteiger charge is -2.23. The number of nitrogens with zero attached hydrogens (tertiary/aromatic N) is 1. The number of cyclic esters (lactones) is 1. The van der Waals surface area contributed by atoms with Gasteiger partial charge in [0.1, 0.15) is 0 Å². The average molecular weight is 306 g/mol. The lowest BCUT2D eigenvalue weighted by atomic mass is 9.85. The highest BCUT2D eigenvalue weighted by molar-refractivity contribution is 9.10. The molecule has 1 heterocycles. The molecule has 1 aromatic rings. The Kier molecular flexibility index (Phi) is 3.04. The Labute approximate surface area is 114 Å². The van der Waals surface area contributed by atoms with Crippen LogP contribution in [0.4, 0.5) is 0 Å². The lowest BCUT2D eigenvalue weighted by molar-refractivity contribution is -0.130. The van der Waals surface area contributed by atoms with Crippen LogP contribution in [-0.4, -0.2) is 11.9 Å². The molecule has 0 radical (unpaired) electrons. The smallest absolute Gasteiger partial charge is 0.363 e. The molecular formula is C14H12BrNO2. The van der Waals surface area contributed by atoms with E-state index in [0.717, 1.165) is 22.9 Å². The summed E-state index contributed by atoms with van der Waals surface area (Å²) in [5.41, 5.74) is 1.35. The predicted octanol–water partition coefficient (Wildman–Crippen LogP) is 3.55. The summed E-state index contributed by atoms with van der Waals surface area (Å²) in [6.45, 7) is 0. The molecule has 4 heteroatoms. The van der Waals surface area contributed by atoms with Crippen molar-refractivity contribution in [2.45, 2.75) is 19.3 Å². The van der Waals surface area contributed by atoms with Gasteiger partial charge in [-0.05, 0) is 36.6 Å². The second kappa shape index (κ2) is 4.69. The molecule has 0 unspecified atom stereocenters. The van der Waals surface area contributed by atoms with Gasteiger partial charge in [-0.15, -0.1) is 0 Å². The normalized spacial score (nSPS) is 21.7. The van der Waals surface area contributed by atoms with Crippen LogP contribution < -0.4 is 0 Å². The minimum atomic E-state index is -0.334. The van der Waals surface area contributed by atoms with Crippen molar-refractivity contribution in [2.24, 2.45) is 10.9 Å². The van der Waals surface area contributed by atoms with Crippen molar-refractivity contribution < 1.29 is 9.53 Å². The van der Waals surface area contributed by atoms with Gasteiger partial charge in [-0.25, -0.2) is 9.79 Å². The molecule has 0 bridgehead atoms. The third-order valence-corrected chi connectivity index (χ3v) is 3.79. The zero-order chi connectivity index (χ0) is 12.5. The molecule has 0 spiro atoms. The minimum absolute atomic E-state index is 0.334. The van der Waals surface area contributed by atoms with Crippen molar-refractivity contribution >= 4 is 33.9 Å². The molecule has 3 nitrogen and oxygen atoms in total. The Bertz CT molecular complexity index is 541. The molecule has 0 atom stereocenters. The van der Waals surface area contributed by atoms with E-state index in [1.807, 2.05) is 24.3 Å². The van der Waals surface area contributed by atoms with Crippen LogP contribution in [0.15, 0.2) is 39.4 Å². The Morgan fingerprint density at radius 3 is 2.61 bits per heavy atom. The van der Waals surface area contributed by atoms with Crippen LogP contribution in [0.5, 0.6) is 0 Å². The van der Waals surface area contributed by atoms with E-state index in [0.29, 0.717) is 17.5 Å². The Hall–Kier alpha value is -1.42. The maximum atomic E-state index is 11.7. The van der Waals surface area contributed by atoms with Crippen molar-refractivity contribution in [2.75, 3.05) is 0 Å². The van der Waals surface area contributed by atoms with E-state index in [4.69, 9.17) is 4.74 Å². The molecule has 3 rings (SSSR count). The van der Waals surface area contributed by atoms with E-state index >= 15 is 0 Å². The molecule has 2 aliphatic rings. The van der Waals surface area contributed by atoms with Gasteiger partial charge in [0, 0.05) is 10.4 Å². The number of benzene rings is 1. The fourth-order valence-corrected chi connectivity index (χ4v) is 2.24. The number of hydrogen-bond donors (Lipinski definition) is 0. The molecule has 1 saturated carbocycles. The lowest BCUT2D eigenvalue weighted by Crippen LogP contribution is -2.22. The Balaban J connectivity index is 1.84. The standard InChI is InChI=1S/C14H12BrNO2/c15-11-6-4-9(5-7-11)8-12-14(17)18-13(16-12)10-2-1-3-10/h4-8,10H,1-3H2/b12-8+. The summed E-state index contributed by atoms with van der Waals surface area (Å²) in [4.78, 5) is 16.0. The largest absolute Gasteiger partial charge is 0.406 e. The number of carbonyl (C=O) groups is 1. The van der Waals surface area contributed by atoms with E-state index in [-0.39, 0.29) is 5.97 Å². The van der Waals surface area contributed by atoms with Gasteiger partial charge in [-0.2, -0.15) is 0 Å². The van der Waals surface area contributed by atoms with Gasteiger partial charge in [0.15, 0.2) is 5.70 Å². The first-order valence-corrected chi connectivity index (χ1v) is 6.80. The van der Waals surface area contributed by atoms with Gasteiger partial charge in [0.05, 0.1) is 0 Å². The molecule has 0 N–H and O–H groups in total. The van der Waals surface area contributed by atoms with Crippen molar-refractivity contribution in [3.05, 3.63) is 40.0 Å². The van der Waals surface area contributed by atoms with E-state index in [1.165, 1.54) is 6.42 Å². The molecular weight excluding hydrogens is 294 g/mol. The quantitative estimate of drug-likeness (QED) is 0.619. The van der Waals surface area contributed by atoms with Crippen LogP contribution in [-0.2, 0) is 9.53 Å². The van der Waals surface area contributed by atoms with Crippen molar-refractivity contribution in [3.8, 4) is 0 Å². The zero-order valence-electron chi connectivity index (χ0n) is 9.73. The molecule has 18 heavy (non-hydrogen) atoms. The summed E-state index contributed by atoms with van der Waals surface area (Å²) in [6.07, 6.45) is 5.13. The topological polar surface area (TPSA) is 38.7 Å². The van der Waals surface area contributed by atoms with E-state index < -0.39 is 0 Å². The molecule has 1 aliphatic heterocycles. The second-order valence-corrected chi connectivity index (χ2v) is 5.46. The zero-order valence-corrected chi connectivity index (χ0v) is 11.3.